The number of carbonyl (C=O) groups excluding carboxylic acids is 2. The van der Waals surface area contributed by atoms with E-state index in [1.807, 2.05) is 65.0 Å². The largest absolute Gasteiger partial charge is 0.491 e. The Labute approximate surface area is 311 Å². The van der Waals surface area contributed by atoms with E-state index in [1.165, 1.54) is 5.56 Å². The van der Waals surface area contributed by atoms with Crippen LogP contribution in [0.3, 0.4) is 0 Å². The molecule has 0 aliphatic carbocycles. The van der Waals surface area contributed by atoms with E-state index in [4.69, 9.17) is 32.0 Å². The summed E-state index contributed by atoms with van der Waals surface area (Å²) >= 11 is 6.39. The van der Waals surface area contributed by atoms with Gasteiger partial charge < -0.3 is 20.5 Å². The van der Waals surface area contributed by atoms with Crippen LogP contribution in [0.2, 0.25) is 5.02 Å². The first-order chi connectivity index (χ1) is 24.2. The van der Waals surface area contributed by atoms with Crippen LogP contribution in [0.25, 0.3) is 0 Å². The third kappa shape index (κ3) is 17.1. The van der Waals surface area contributed by atoms with Crippen LogP contribution in [0.5, 0.6) is 5.75 Å². The van der Waals surface area contributed by atoms with Crippen LogP contribution in [0.15, 0.2) is 61.2 Å². The van der Waals surface area contributed by atoms with Gasteiger partial charge in [-0.3, -0.25) is 14.4 Å². The van der Waals surface area contributed by atoms with Crippen molar-refractivity contribution in [1.29, 1.82) is 0 Å². The first-order valence-electron chi connectivity index (χ1n) is 17.5. The Kier molecular flexibility index (Phi) is 23.8. The molecule has 2 aromatic carbocycles. The van der Waals surface area contributed by atoms with Crippen molar-refractivity contribution >= 4 is 46.0 Å². The number of rotatable bonds is 14. The lowest BCUT2D eigenvalue weighted by molar-refractivity contribution is -0.160. The van der Waals surface area contributed by atoms with Gasteiger partial charge in [0, 0.05) is 41.8 Å². The van der Waals surface area contributed by atoms with Gasteiger partial charge in [0.1, 0.15) is 5.75 Å². The molecule has 0 unspecified atom stereocenters. The molecule has 0 fully saturated rings. The summed E-state index contributed by atoms with van der Waals surface area (Å²) in [5, 5.41) is 5.69. The number of hydrogen-bond acceptors (Lipinski definition) is 6. The molecule has 3 N–H and O–H groups in total. The Hall–Kier alpha value is -3.44. The molecule has 3 rings (SSSR count). The maximum atomic E-state index is 12.9. The smallest absolute Gasteiger partial charge is 0.460 e. The number of halogens is 4. The number of nitrogens with zero attached hydrogens (tertiary/aromatic N) is 1. The fraction of sp³-hybridized carbons (Fsp3) is 0.513. The number of aliphatic carboxylic acids is 1. The van der Waals surface area contributed by atoms with Gasteiger partial charge in [0.05, 0.1) is 12.3 Å². The second-order valence-corrected chi connectivity index (χ2v) is 13.0. The van der Waals surface area contributed by atoms with E-state index in [0.717, 1.165) is 50.4 Å². The van der Waals surface area contributed by atoms with Crippen LogP contribution in [-0.2, 0) is 16.0 Å². The average Bonchev–Trinajstić information content (AvgIpc) is 3.27. The normalized spacial score (nSPS) is 14.9. The number of aryl methyl sites for hydroxylation is 1. The second-order valence-electron chi connectivity index (χ2n) is 11.2. The summed E-state index contributed by atoms with van der Waals surface area (Å²) in [6.07, 6.45) is 5.11. The van der Waals surface area contributed by atoms with Crippen LogP contribution in [0.1, 0.15) is 108 Å². The van der Waals surface area contributed by atoms with Gasteiger partial charge >= 0.3 is 6.18 Å². The number of primary amides is 1. The molecule has 0 bridgehead atoms. The van der Waals surface area contributed by atoms with Crippen molar-refractivity contribution in [2.24, 2.45) is 11.7 Å². The number of carbonyl (C=O) groups is 3. The molecule has 1 heterocycles. The first-order valence-corrected chi connectivity index (χ1v) is 18.8. The Morgan fingerprint density at radius 2 is 1.80 bits per heavy atom. The number of amides is 1. The quantitative estimate of drug-likeness (QED) is 0.146. The van der Waals surface area contributed by atoms with E-state index < -0.39 is 28.4 Å². The molecule has 1 amide bonds. The van der Waals surface area contributed by atoms with Crippen molar-refractivity contribution in [3.63, 3.8) is 0 Å². The molecule has 0 saturated heterocycles. The summed E-state index contributed by atoms with van der Waals surface area (Å²) in [6, 6.07) is 11.3. The minimum absolute atomic E-state index is 0.219. The summed E-state index contributed by atoms with van der Waals surface area (Å²) in [7, 11) is 0. The van der Waals surface area contributed by atoms with E-state index in [-0.39, 0.29) is 23.6 Å². The van der Waals surface area contributed by atoms with Crippen molar-refractivity contribution in [2.45, 2.75) is 104 Å². The number of fused-ring (bicyclic) bond motifs is 1. The Bertz CT molecular complexity index is 1400. The zero-order valence-electron chi connectivity index (χ0n) is 31.0. The number of carboxylic acids is 1. The van der Waals surface area contributed by atoms with Gasteiger partial charge in [-0.25, -0.2) is 0 Å². The van der Waals surface area contributed by atoms with Gasteiger partial charge in [-0.2, -0.15) is 13.2 Å². The monoisotopic (exact) mass is 756 g/mol. The fourth-order valence-corrected chi connectivity index (χ4v) is 6.47. The molecule has 51 heavy (non-hydrogen) atoms. The molecule has 0 aromatic heterocycles. The predicted molar refractivity (Wildman–Crippen MR) is 206 cm³/mol. The van der Waals surface area contributed by atoms with Crippen molar-refractivity contribution in [3.8, 4) is 5.75 Å². The Morgan fingerprint density at radius 3 is 2.35 bits per heavy atom. The molecule has 2 aromatic rings. The zero-order chi connectivity index (χ0) is 39.1. The number of benzene rings is 2. The molecule has 3 atom stereocenters. The van der Waals surface area contributed by atoms with Gasteiger partial charge in [0.2, 0.25) is 5.91 Å². The number of alkyl halides is 3. The van der Waals surface area contributed by atoms with Crippen LogP contribution >= 0.6 is 23.4 Å². The number of carboxylic acid groups (broad SMARTS) is 1. The maximum absolute atomic E-state index is 12.9. The molecular formula is C39H56ClF3N2O5S. The highest BCUT2D eigenvalue weighted by Gasteiger charge is 2.40. The van der Waals surface area contributed by atoms with Crippen LogP contribution in [0, 0.1) is 5.92 Å². The SMILES string of the molecule is C=CC[C@H](/C=C/[C@H]1CCCN(CC)c2c(OCCCCc3cccc(Cl)c3)ccc(C(N)=O)c21)[C@@H](C)SC(=O)C(F)(F)F.CC.CC.CC(=O)O. The summed E-state index contributed by atoms with van der Waals surface area (Å²) in [6.45, 7) is 18.4. The summed E-state index contributed by atoms with van der Waals surface area (Å²) in [5.74, 6) is -1.29. The predicted octanol–water partition coefficient (Wildman–Crippen LogP) is 10.6. The molecule has 0 radical (unpaired) electrons. The number of unbranched alkanes of at least 4 members (excludes halogenated alkanes) is 1. The maximum Gasteiger partial charge on any atom is 0.460 e. The number of ether oxygens (including phenoxy) is 1. The topological polar surface area (TPSA) is 110 Å². The van der Waals surface area contributed by atoms with Gasteiger partial charge in [-0.05, 0) is 86.8 Å². The number of nitrogens with two attached hydrogens (primary N) is 1. The highest BCUT2D eigenvalue weighted by Crippen LogP contribution is 2.44. The van der Waals surface area contributed by atoms with Crippen LogP contribution in [-0.4, -0.2) is 53.2 Å². The van der Waals surface area contributed by atoms with Gasteiger partial charge in [0.15, 0.2) is 0 Å². The van der Waals surface area contributed by atoms with Gasteiger partial charge in [0.25, 0.3) is 11.1 Å². The summed E-state index contributed by atoms with van der Waals surface area (Å²) in [5.41, 5.74) is 9.01. The molecule has 1 aliphatic rings. The third-order valence-corrected chi connectivity index (χ3v) is 9.02. The van der Waals surface area contributed by atoms with E-state index in [0.29, 0.717) is 42.3 Å². The number of anilines is 1. The number of hydrogen-bond donors (Lipinski definition) is 2. The zero-order valence-corrected chi connectivity index (χ0v) is 32.6. The van der Waals surface area contributed by atoms with E-state index in [9.17, 15) is 22.8 Å². The lowest BCUT2D eigenvalue weighted by atomic mass is 9.87. The van der Waals surface area contributed by atoms with Gasteiger partial charge in [-0.1, -0.05) is 88.3 Å². The molecule has 12 heteroatoms. The van der Waals surface area contributed by atoms with Crippen LogP contribution < -0.4 is 15.4 Å². The lowest BCUT2D eigenvalue weighted by Gasteiger charge is -2.28. The Balaban J connectivity index is 0.00000286. The highest BCUT2D eigenvalue weighted by atomic mass is 35.5. The summed E-state index contributed by atoms with van der Waals surface area (Å²) in [4.78, 5) is 35.5. The van der Waals surface area contributed by atoms with Crippen LogP contribution in [0.4, 0.5) is 18.9 Å². The van der Waals surface area contributed by atoms with Crippen molar-refractivity contribution in [1.82, 2.24) is 0 Å². The standard InChI is InChI=1S/C33H40ClF3N2O3S.C2H4O2.2C2H6/c1-4-10-24(22(3)43-32(41)33(35,36)37)15-16-25-13-9-19-39(5-2)30-28(18-17-27(29(25)30)31(38)40)42-20-7-6-11-23-12-8-14-26(34)21-23;1-2(3)4;2*1-2/h4,8,12,14-18,21-22,24-25H,1,5-7,9-11,13,19-20H2,2-3H3,(H2,38,40);1H3,(H,3,4);2*1-2H3/b16-15+;;;/t22-,24-,25-;;;/m1.../s1. The van der Waals surface area contributed by atoms with E-state index in [2.05, 4.69) is 17.5 Å². The van der Waals surface area contributed by atoms with Crippen molar-refractivity contribution < 1.29 is 37.4 Å². The number of allylic oxidation sites excluding steroid dienone is 3. The molecule has 0 saturated carbocycles. The lowest BCUT2D eigenvalue weighted by Crippen LogP contribution is -2.26. The van der Waals surface area contributed by atoms with E-state index in [1.54, 1.807) is 25.1 Å². The average molecular weight is 757 g/mol. The molecule has 7 nitrogen and oxygen atoms in total. The Morgan fingerprint density at radius 1 is 1.16 bits per heavy atom. The van der Waals surface area contributed by atoms with Crippen molar-refractivity contribution in [2.75, 3.05) is 24.6 Å². The number of thioether (sulfide) groups is 1. The minimum Gasteiger partial charge on any atom is -0.491 e. The molecule has 0 spiro atoms. The third-order valence-electron chi connectivity index (χ3n) is 7.62. The minimum atomic E-state index is -4.90. The first kappa shape index (κ1) is 47.6. The van der Waals surface area contributed by atoms with Gasteiger partial charge in [-0.15, -0.1) is 6.58 Å². The highest BCUT2D eigenvalue weighted by molar-refractivity contribution is 8.14. The fourth-order valence-electron chi connectivity index (χ4n) is 5.41. The molecular weight excluding hydrogens is 701 g/mol. The van der Waals surface area contributed by atoms with Crippen molar-refractivity contribution in [3.05, 3.63) is 82.9 Å². The second kappa shape index (κ2) is 25.5. The molecule has 286 valence electrons. The molecule has 1 aliphatic heterocycles. The van der Waals surface area contributed by atoms with E-state index >= 15 is 0 Å². The summed E-state index contributed by atoms with van der Waals surface area (Å²) < 4.78 is 45.1.